The van der Waals surface area contributed by atoms with Gasteiger partial charge in [-0.25, -0.2) is 0 Å². The van der Waals surface area contributed by atoms with E-state index in [1.807, 2.05) is 24.1 Å². The predicted octanol–water partition coefficient (Wildman–Crippen LogP) is 3.19. The van der Waals surface area contributed by atoms with Gasteiger partial charge in [-0.05, 0) is 38.3 Å². The molecule has 0 unspecified atom stereocenters. The lowest BCUT2D eigenvalue weighted by atomic mass is 10.0. The third kappa shape index (κ3) is 2.71. The van der Waals surface area contributed by atoms with E-state index in [0.29, 0.717) is 5.69 Å². The van der Waals surface area contributed by atoms with Crippen LogP contribution in [0.2, 0.25) is 0 Å². The second kappa shape index (κ2) is 5.72. The molecule has 4 heteroatoms. The van der Waals surface area contributed by atoms with Crippen LogP contribution in [-0.4, -0.2) is 27.1 Å². The quantitative estimate of drug-likeness (QED) is 0.867. The maximum Gasteiger partial charge on any atom is 0.274 e. The second-order valence-electron chi connectivity index (χ2n) is 5.63. The fraction of sp³-hybridized carbons (Fsp3) is 0.412. The first-order valence-electron chi connectivity index (χ1n) is 7.60. The van der Waals surface area contributed by atoms with Crippen molar-refractivity contribution in [1.82, 2.24) is 14.7 Å². The molecule has 2 aromatic rings. The van der Waals surface area contributed by atoms with Crippen molar-refractivity contribution in [1.29, 1.82) is 0 Å². The van der Waals surface area contributed by atoms with E-state index in [1.54, 1.807) is 4.68 Å². The number of nitrogens with zero attached hydrogens (tertiary/aromatic N) is 3. The second-order valence-corrected chi connectivity index (χ2v) is 5.63. The lowest BCUT2D eigenvalue weighted by Gasteiger charge is -2.24. The number of benzene rings is 1. The molecule has 110 valence electrons. The predicted molar refractivity (Wildman–Crippen MR) is 82.1 cm³/mol. The van der Waals surface area contributed by atoms with E-state index in [-0.39, 0.29) is 11.9 Å². The minimum Gasteiger partial charge on any atom is -0.330 e. The molecule has 1 aliphatic heterocycles. The van der Waals surface area contributed by atoms with Crippen LogP contribution in [0.25, 0.3) is 0 Å². The number of aromatic nitrogens is 2. The van der Waals surface area contributed by atoms with Crippen molar-refractivity contribution in [3.05, 3.63) is 53.3 Å². The number of hydrogen-bond donors (Lipinski definition) is 0. The maximum atomic E-state index is 12.7. The lowest BCUT2D eigenvalue weighted by Crippen LogP contribution is -2.31. The molecule has 4 nitrogen and oxygen atoms in total. The summed E-state index contributed by atoms with van der Waals surface area (Å²) in [5.41, 5.74) is 3.02. The lowest BCUT2D eigenvalue weighted by molar-refractivity contribution is 0.0728. The highest BCUT2D eigenvalue weighted by molar-refractivity contribution is 5.92. The van der Waals surface area contributed by atoms with Crippen molar-refractivity contribution in [2.45, 2.75) is 39.3 Å². The van der Waals surface area contributed by atoms with E-state index in [1.165, 1.54) is 11.1 Å². The summed E-state index contributed by atoms with van der Waals surface area (Å²) in [5.74, 6) is 0.0474. The van der Waals surface area contributed by atoms with E-state index in [0.717, 1.165) is 25.9 Å². The van der Waals surface area contributed by atoms with Crippen molar-refractivity contribution >= 4 is 5.91 Å². The zero-order valence-electron chi connectivity index (χ0n) is 12.6. The Morgan fingerprint density at radius 3 is 2.95 bits per heavy atom. The van der Waals surface area contributed by atoms with Gasteiger partial charge in [-0.15, -0.1) is 0 Å². The average molecular weight is 283 g/mol. The highest BCUT2D eigenvalue weighted by atomic mass is 16.2. The molecule has 1 atom stereocenters. The largest absolute Gasteiger partial charge is 0.330 e. The first kappa shape index (κ1) is 13.9. The van der Waals surface area contributed by atoms with Crippen molar-refractivity contribution in [2.24, 2.45) is 0 Å². The van der Waals surface area contributed by atoms with Gasteiger partial charge in [-0.2, -0.15) is 5.10 Å². The van der Waals surface area contributed by atoms with Crippen molar-refractivity contribution in [3.8, 4) is 0 Å². The minimum absolute atomic E-state index is 0.0474. The number of likely N-dealkylation sites (tertiary alicyclic amines) is 1. The Kier molecular flexibility index (Phi) is 3.78. The fourth-order valence-corrected chi connectivity index (χ4v) is 3.03. The van der Waals surface area contributed by atoms with E-state index in [2.05, 4.69) is 36.3 Å². The monoisotopic (exact) mass is 283 g/mol. The zero-order chi connectivity index (χ0) is 14.8. The molecule has 0 saturated carbocycles. The van der Waals surface area contributed by atoms with Crippen LogP contribution in [0.15, 0.2) is 36.5 Å². The van der Waals surface area contributed by atoms with Crippen molar-refractivity contribution in [3.63, 3.8) is 0 Å². The van der Waals surface area contributed by atoms with Gasteiger partial charge in [0.1, 0.15) is 5.69 Å². The Balaban J connectivity index is 1.85. The van der Waals surface area contributed by atoms with Gasteiger partial charge in [-0.3, -0.25) is 9.48 Å². The minimum atomic E-state index is 0.0474. The molecule has 0 N–H and O–H groups in total. The van der Waals surface area contributed by atoms with Crippen LogP contribution in [0.3, 0.4) is 0 Å². The average Bonchev–Trinajstić information content (AvgIpc) is 3.15. The first-order chi connectivity index (χ1) is 10.2. The molecule has 2 heterocycles. The molecule has 1 aromatic carbocycles. The number of carbonyl (C=O) groups excluding carboxylic acids is 1. The third-order valence-corrected chi connectivity index (χ3v) is 4.12. The van der Waals surface area contributed by atoms with Crippen LogP contribution in [0.4, 0.5) is 0 Å². The summed E-state index contributed by atoms with van der Waals surface area (Å²) < 4.78 is 1.80. The van der Waals surface area contributed by atoms with Gasteiger partial charge < -0.3 is 4.90 Å². The van der Waals surface area contributed by atoms with Gasteiger partial charge in [0, 0.05) is 19.3 Å². The number of carbonyl (C=O) groups is 1. The van der Waals surface area contributed by atoms with Gasteiger partial charge >= 0.3 is 0 Å². The SMILES string of the molecule is CCn1ccc(C(=O)N2CCC[C@@H]2c2cccc(C)c2)n1. The van der Waals surface area contributed by atoms with Crippen molar-refractivity contribution < 1.29 is 4.79 Å². The van der Waals surface area contributed by atoms with Crippen LogP contribution >= 0.6 is 0 Å². The van der Waals surface area contributed by atoms with Gasteiger partial charge in [-0.1, -0.05) is 29.8 Å². The Hall–Kier alpha value is -2.10. The molecule has 0 radical (unpaired) electrons. The number of rotatable bonds is 3. The summed E-state index contributed by atoms with van der Waals surface area (Å²) in [4.78, 5) is 14.7. The van der Waals surface area contributed by atoms with Gasteiger partial charge in [0.05, 0.1) is 6.04 Å². The van der Waals surface area contributed by atoms with Gasteiger partial charge in [0.2, 0.25) is 0 Å². The van der Waals surface area contributed by atoms with Crippen LogP contribution in [0.5, 0.6) is 0 Å². The number of aryl methyl sites for hydroxylation is 2. The topological polar surface area (TPSA) is 38.1 Å². The Labute approximate surface area is 125 Å². The Morgan fingerprint density at radius 1 is 1.38 bits per heavy atom. The molecule has 0 aliphatic carbocycles. The van der Waals surface area contributed by atoms with Gasteiger partial charge in [0.25, 0.3) is 5.91 Å². The standard InChI is InChI=1S/C17H21N3O/c1-3-19-11-9-15(18-19)17(21)20-10-5-8-16(20)14-7-4-6-13(2)12-14/h4,6-7,9,11-12,16H,3,5,8,10H2,1-2H3/t16-/m1/s1. The summed E-state index contributed by atoms with van der Waals surface area (Å²) in [5, 5.41) is 4.34. The van der Waals surface area contributed by atoms with E-state index in [4.69, 9.17) is 0 Å². The molecule has 21 heavy (non-hydrogen) atoms. The molecular weight excluding hydrogens is 262 g/mol. The van der Waals surface area contributed by atoms with E-state index in [9.17, 15) is 4.79 Å². The molecule has 1 aromatic heterocycles. The summed E-state index contributed by atoms with van der Waals surface area (Å²) in [7, 11) is 0. The van der Waals surface area contributed by atoms with Gasteiger partial charge in [0.15, 0.2) is 0 Å². The highest BCUT2D eigenvalue weighted by Crippen LogP contribution is 2.33. The Morgan fingerprint density at radius 2 is 2.24 bits per heavy atom. The molecule has 1 fully saturated rings. The van der Waals surface area contributed by atoms with Crippen LogP contribution < -0.4 is 0 Å². The molecule has 1 aliphatic rings. The summed E-state index contributed by atoms with van der Waals surface area (Å²) >= 11 is 0. The molecule has 0 spiro atoms. The molecule has 1 saturated heterocycles. The fourth-order valence-electron chi connectivity index (χ4n) is 3.03. The van der Waals surface area contributed by atoms with Crippen LogP contribution in [0, 0.1) is 6.92 Å². The van der Waals surface area contributed by atoms with Crippen LogP contribution in [-0.2, 0) is 6.54 Å². The zero-order valence-corrected chi connectivity index (χ0v) is 12.6. The molecule has 3 rings (SSSR count). The molecule has 1 amide bonds. The van der Waals surface area contributed by atoms with Crippen molar-refractivity contribution in [2.75, 3.05) is 6.54 Å². The molecule has 0 bridgehead atoms. The third-order valence-electron chi connectivity index (χ3n) is 4.12. The Bertz CT molecular complexity index is 647. The van der Waals surface area contributed by atoms with Crippen LogP contribution in [0.1, 0.15) is 47.4 Å². The maximum absolute atomic E-state index is 12.7. The number of amides is 1. The number of hydrogen-bond acceptors (Lipinski definition) is 2. The summed E-state index contributed by atoms with van der Waals surface area (Å²) in [6.45, 7) is 5.71. The summed E-state index contributed by atoms with van der Waals surface area (Å²) in [6, 6.07) is 10.5. The smallest absolute Gasteiger partial charge is 0.274 e. The normalized spacial score (nSPS) is 18.2. The molecular formula is C17H21N3O. The van der Waals surface area contributed by atoms with E-state index >= 15 is 0 Å². The first-order valence-corrected chi connectivity index (χ1v) is 7.60. The highest BCUT2D eigenvalue weighted by Gasteiger charge is 2.31. The summed E-state index contributed by atoms with van der Waals surface area (Å²) in [6.07, 6.45) is 3.95. The van der Waals surface area contributed by atoms with E-state index < -0.39 is 0 Å².